The van der Waals surface area contributed by atoms with Gasteiger partial charge >= 0.3 is 0 Å². The number of hydrogen-bond donors (Lipinski definition) is 1. The van der Waals surface area contributed by atoms with Crippen LogP contribution in [-0.4, -0.2) is 27.8 Å². The number of fused-ring (bicyclic) bond motifs is 1. The Morgan fingerprint density at radius 3 is 2.82 bits per heavy atom. The van der Waals surface area contributed by atoms with Crippen LogP contribution in [0.1, 0.15) is 19.8 Å². The molecule has 0 aliphatic rings. The van der Waals surface area contributed by atoms with E-state index < -0.39 is 5.82 Å². The molecule has 0 spiro atoms. The van der Waals surface area contributed by atoms with Gasteiger partial charge in [0.25, 0.3) is 5.56 Å². The third-order valence-electron chi connectivity index (χ3n) is 4.09. The highest BCUT2D eigenvalue weighted by Crippen LogP contribution is 2.24. The van der Waals surface area contributed by atoms with E-state index in [-0.39, 0.29) is 22.2 Å². The molecule has 0 saturated heterocycles. The van der Waals surface area contributed by atoms with Crippen molar-refractivity contribution in [2.75, 3.05) is 12.3 Å². The van der Waals surface area contributed by atoms with E-state index >= 15 is 0 Å². The molecule has 0 radical (unpaired) electrons. The zero-order valence-electron chi connectivity index (χ0n) is 15.2. The number of aromatic nitrogens is 2. The van der Waals surface area contributed by atoms with E-state index in [1.165, 1.54) is 22.8 Å². The maximum atomic E-state index is 13.6. The van der Waals surface area contributed by atoms with E-state index in [0.29, 0.717) is 28.3 Å². The third-order valence-corrected chi connectivity index (χ3v) is 5.32. The van der Waals surface area contributed by atoms with Gasteiger partial charge in [0.1, 0.15) is 5.82 Å². The van der Waals surface area contributed by atoms with Gasteiger partial charge < -0.3 is 5.32 Å². The Hall–Kier alpha value is -2.38. The first kappa shape index (κ1) is 20.4. The molecule has 1 N–H and O–H groups in total. The number of carbonyl (C=O) groups is 1. The van der Waals surface area contributed by atoms with Crippen LogP contribution in [0.2, 0.25) is 5.02 Å². The molecule has 0 fully saturated rings. The quantitative estimate of drug-likeness (QED) is 0.354. The molecule has 2 aromatic carbocycles. The number of hydrogen-bond acceptors (Lipinski definition) is 4. The number of nitrogens with zero attached hydrogens (tertiary/aromatic N) is 2. The van der Waals surface area contributed by atoms with Crippen LogP contribution < -0.4 is 10.9 Å². The number of amides is 1. The number of halogens is 2. The lowest BCUT2D eigenvalue weighted by Gasteiger charge is -2.13. The SMILES string of the molecule is CCCCNC(=O)CSc1nc2ccccc2c(=O)n1-c1ccc(F)c(Cl)c1. The minimum absolute atomic E-state index is 0.0918. The first-order chi connectivity index (χ1) is 13.5. The standard InChI is InChI=1S/C20H19ClFN3O2S/c1-2-3-10-23-18(26)12-28-20-24-17-7-5-4-6-14(17)19(27)25(20)13-8-9-16(22)15(21)11-13/h4-9,11H,2-3,10,12H2,1H3,(H,23,26). The monoisotopic (exact) mass is 419 g/mol. The van der Waals surface area contributed by atoms with Crippen LogP contribution in [0.3, 0.4) is 0 Å². The molecule has 0 bridgehead atoms. The second kappa shape index (κ2) is 9.21. The van der Waals surface area contributed by atoms with Crippen molar-refractivity contribution in [3.05, 3.63) is 63.7 Å². The average molecular weight is 420 g/mol. The van der Waals surface area contributed by atoms with Gasteiger partial charge in [-0.1, -0.05) is 48.8 Å². The van der Waals surface area contributed by atoms with Crippen LogP contribution in [0.25, 0.3) is 16.6 Å². The molecule has 5 nitrogen and oxygen atoms in total. The summed E-state index contributed by atoms with van der Waals surface area (Å²) in [5.41, 5.74) is 0.622. The van der Waals surface area contributed by atoms with Crippen molar-refractivity contribution in [3.8, 4) is 5.69 Å². The van der Waals surface area contributed by atoms with Gasteiger partial charge in [-0.15, -0.1) is 0 Å². The van der Waals surface area contributed by atoms with Crippen LogP contribution in [0, 0.1) is 5.82 Å². The summed E-state index contributed by atoms with van der Waals surface area (Å²) < 4.78 is 14.9. The molecule has 0 aliphatic carbocycles. The van der Waals surface area contributed by atoms with Crippen LogP contribution in [-0.2, 0) is 4.79 Å². The zero-order chi connectivity index (χ0) is 20.1. The molecule has 0 saturated carbocycles. The normalized spacial score (nSPS) is 11.0. The highest BCUT2D eigenvalue weighted by molar-refractivity contribution is 7.99. The fourth-order valence-corrected chi connectivity index (χ4v) is 3.66. The van der Waals surface area contributed by atoms with Crippen molar-refractivity contribution in [2.45, 2.75) is 24.9 Å². The number of unbranched alkanes of at least 4 members (excludes halogenated alkanes) is 1. The Morgan fingerprint density at radius 1 is 1.29 bits per heavy atom. The summed E-state index contributed by atoms with van der Waals surface area (Å²) in [4.78, 5) is 29.7. The van der Waals surface area contributed by atoms with E-state index in [1.54, 1.807) is 24.3 Å². The lowest BCUT2D eigenvalue weighted by molar-refractivity contribution is -0.118. The molecule has 3 aromatic rings. The average Bonchev–Trinajstić information content (AvgIpc) is 2.69. The molecule has 3 rings (SSSR count). The van der Waals surface area contributed by atoms with Gasteiger partial charge in [-0.3, -0.25) is 14.2 Å². The van der Waals surface area contributed by atoms with Crippen molar-refractivity contribution in [3.63, 3.8) is 0 Å². The van der Waals surface area contributed by atoms with Crippen LogP contribution in [0.15, 0.2) is 52.4 Å². The minimum Gasteiger partial charge on any atom is -0.355 e. The van der Waals surface area contributed by atoms with Gasteiger partial charge in [0, 0.05) is 6.54 Å². The predicted octanol–water partition coefficient (Wildman–Crippen LogP) is 4.19. The molecule has 28 heavy (non-hydrogen) atoms. The number of carbonyl (C=O) groups excluding carboxylic acids is 1. The third kappa shape index (κ3) is 4.54. The molecule has 0 unspecified atom stereocenters. The second-order valence-electron chi connectivity index (χ2n) is 6.14. The smallest absolute Gasteiger partial charge is 0.266 e. The van der Waals surface area contributed by atoms with Crippen LogP contribution in [0.4, 0.5) is 4.39 Å². The Kier molecular flexibility index (Phi) is 6.70. The molecular formula is C20H19ClFN3O2S. The topological polar surface area (TPSA) is 64.0 Å². The summed E-state index contributed by atoms with van der Waals surface area (Å²) in [6.45, 7) is 2.66. The molecule has 0 atom stereocenters. The van der Waals surface area contributed by atoms with Gasteiger partial charge in [0.15, 0.2) is 5.16 Å². The largest absolute Gasteiger partial charge is 0.355 e. The van der Waals surface area contributed by atoms with Crippen molar-refractivity contribution < 1.29 is 9.18 Å². The van der Waals surface area contributed by atoms with E-state index in [2.05, 4.69) is 10.3 Å². The van der Waals surface area contributed by atoms with Gasteiger partial charge in [-0.2, -0.15) is 0 Å². The fraction of sp³-hybridized carbons (Fsp3) is 0.250. The Bertz CT molecular complexity index is 1070. The van der Waals surface area contributed by atoms with Crippen LogP contribution in [0.5, 0.6) is 0 Å². The molecule has 1 amide bonds. The van der Waals surface area contributed by atoms with Gasteiger partial charge in [0.2, 0.25) is 5.91 Å². The summed E-state index contributed by atoms with van der Waals surface area (Å²) in [5.74, 6) is -0.593. The van der Waals surface area contributed by atoms with E-state index in [4.69, 9.17) is 11.6 Å². The molecule has 1 heterocycles. The first-order valence-corrected chi connectivity index (χ1v) is 10.2. The highest BCUT2D eigenvalue weighted by Gasteiger charge is 2.15. The molecule has 0 aliphatic heterocycles. The van der Waals surface area contributed by atoms with Gasteiger partial charge in [-0.25, -0.2) is 9.37 Å². The van der Waals surface area contributed by atoms with Gasteiger partial charge in [0.05, 0.1) is 27.4 Å². The number of para-hydroxylation sites is 1. The van der Waals surface area contributed by atoms with Crippen molar-refractivity contribution in [2.24, 2.45) is 0 Å². The maximum Gasteiger partial charge on any atom is 0.266 e. The number of benzene rings is 2. The predicted molar refractivity (Wildman–Crippen MR) is 111 cm³/mol. The Morgan fingerprint density at radius 2 is 2.07 bits per heavy atom. The summed E-state index contributed by atoms with van der Waals surface area (Å²) >= 11 is 7.05. The van der Waals surface area contributed by atoms with Crippen molar-refractivity contribution in [1.82, 2.24) is 14.9 Å². The zero-order valence-corrected chi connectivity index (χ0v) is 16.8. The summed E-state index contributed by atoms with van der Waals surface area (Å²) in [5, 5.41) is 3.52. The second-order valence-corrected chi connectivity index (χ2v) is 7.49. The maximum absolute atomic E-state index is 13.6. The van der Waals surface area contributed by atoms with E-state index in [0.717, 1.165) is 24.6 Å². The van der Waals surface area contributed by atoms with Gasteiger partial charge in [-0.05, 0) is 36.8 Å². The van der Waals surface area contributed by atoms with Crippen LogP contribution >= 0.6 is 23.4 Å². The molecular weight excluding hydrogens is 401 g/mol. The van der Waals surface area contributed by atoms with Crippen molar-refractivity contribution in [1.29, 1.82) is 0 Å². The van der Waals surface area contributed by atoms with E-state index in [1.807, 2.05) is 6.92 Å². The number of thioether (sulfide) groups is 1. The Balaban J connectivity index is 2.01. The molecule has 146 valence electrons. The first-order valence-electron chi connectivity index (χ1n) is 8.88. The number of nitrogens with one attached hydrogen (secondary N) is 1. The Labute approximate surface area is 170 Å². The lowest BCUT2D eigenvalue weighted by Crippen LogP contribution is -2.27. The highest BCUT2D eigenvalue weighted by atomic mass is 35.5. The summed E-state index contributed by atoms with van der Waals surface area (Å²) in [7, 11) is 0. The minimum atomic E-state index is -0.572. The molecule has 8 heteroatoms. The summed E-state index contributed by atoms with van der Waals surface area (Å²) in [6.07, 6.45) is 1.90. The van der Waals surface area contributed by atoms with Crippen molar-refractivity contribution >= 4 is 40.2 Å². The van der Waals surface area contributed by atoms with E-state index in [9.17, 15) is 14.0 Å². The number of rotatable bonds is 7. The summed E-state index contributed by atoms with van der Waals surface area (Å²) in [6, 6.07) is 11.0. The fourth-order valence-electron chi connectivity index (χ4n) is 2.65. The molecule has 1 aromatic heterocycles. The lowest BCUT2D eigenvalue weighted by atomic mass is 10.2.